The summed E-state index contributed by atoms with van der Waals surface area (Å²) in [6.45, 7) is 2.45. The fraction of sp³-hybridized carbons (Fsp3) is 0.375. The van der Waals surface area contributed by atoms with E-state index in [1.165, 1.54) is 0 Å². The number of carbonyl (C=O) groups excluding carboxylic acids is 1. The summed E-state index contributed by atoms with van der Waals surface area (Å²) >= 11 is 0. The molecule has 1 atom stereocenters. The summed E-state index contributed by atoms with van der Waals surface area (Å²) in [5, 5.41) is 9.96. The molecule has 8 heteroatoms. The minimum atomic E-state index is -0.485. The van der Waals surface area contributed by atoms with E-state index in [1.54, 1.807) is 49.4 Å². The number of hydrogen-bond acceptors (Lipinski definition) is 5. The van der Waals surface area contributed by atoms with E-state index in [-0.39, 0.29) is 18.3 Å². The number of nitrogens with one attached hydrogen (secondary N) is 2. The molecule has 1 amide bonds. The zero-order valence-electron chi connectivity index (χ0n) is 14.2. The minimum absolute atomic E-state index is 0. The van der Waals surface area contributed by atoms with Crippen molar-refractivity contribution in [2.75, 3.05) is 26.1 Å². The molecule has 7 nitrogen and oxygen atoms in total. The lowest BCUT2D eigenvalue weighted by Gasteiger charge is -2.16. The number of aryl methyl sites for hydroxylation is 1. The van der Waals surface area contributed by atoms with Gasteiger partial charge >= 0.3 is 0 Å². The Morgan fingerprint density at radius 1 is 1.38 bits per heavy atom. The van der Waals surface area contributed by atoms with Gasteiger partial charge in [-0.1, -0.05) is 0 Å². The summed E-state index contributed by atoms with van der Waals surface area (Å²) < 4.78 is 12.4. The summed E-state index contributed by atoms with van der Waals surface area (Å²) in [6.07, 6.45) is 3.47. The van der Waals surface area contributed by atoms with Crippen molar-refractivity contribution in [3.63, 3.8) is 0 Å². The molecule has 1 aromatic heterocycles. The number of benzene rings is 1. The Hall–Kier alpha value is -2.25. The van der Waals surface area contributed by atoms with Gasteiger partial charge in [0.15, 0.2) is 11.5 Å². The largest absolute Gasteiger partial charge is 0.493 e. The predicted molar refractivity (Wildman–Crippen MR) is 95.0 cm³/mol. The molecular formula is C16H23ClN4O3. The average molecular weight is 355 g/mol. The number of methoxy groups -OCH3 is 1. The summed E-state index contributed by atoms with van der Waals surface area (Å²) in [7, 11) is 5.11. The smallest absolute Gasteiger partial charge is 0.246 e. The normalized spacial score (nSPS) is 11.3. The highest BCUT2D eigenvalue weighted by molar-refractivity contribution is 5.95. The fourth-order valence-corrected chi connectivity index (χ4v) is 2.27. The average Bonchev–Trinajstić information content (AvgIpc) is 2.96. The van der Waals surface area contributed by atoms with E-state index in [1.807, 2.05) is 14.0 Å². The second-order valence-corrected chi connectivity index (χ2v) is 4.96. The third-order valence-electron chi connectivity index (χ3n) is 3.34. The van der Waals surface area contributed by atoms with E-state index in [0.717, 1.165) is 5.56 Å². The Morgan fingerprint density at radius 3 is 2.67 bits per heavy atom. The van der Waals surface area contributed by atoms with Crippen LogP contribution in [0.2, 0.25) is 0 Å². The maximum absolute atomic E-state index is 12.5. The molecule has 0 aliphatic rings. The third kappa shape index (κ3) is 4.62. The molecule has 0 aliphatic carbocycles. The number of aromatic nitrogens is 2. The number of anilines is 1. The van der Waals surface area contributed by atoms with Crippen LogP contribution in [0.25, 0.3) is 0 Å². The molecule has 0 fully saturated rings. The summed E-state index contributed by atoms with van der Waals surface area (Å²) in [5.41, 5.74) is 1.44. The summed E-state index contributed by atoms with van der Waals surface area (Å²) in [5.74, 6) is 1.05. The molecule has 132 valence electrons. The summed E-state index contributed by atoms with van der Waals surface area (Å²) in [6, 6.07) is 4.80. The van der Waals surface area contributed by atoms with E-state index in [9.17, 15) is 4.79 Å². The van der Waals surface area contributed by atoms with Gasteiger partial charge in [-0.2, -0.15) is 5.10 Å². The van der Waals surface area contributed by atoms with Gasteiger partial charge in [-0.25, -0.2) is 0 Å². The lowest BCUT2D eigenvalue weighted by molar-refractivity contribution is -0.118. The Morgan fingerprint density at radius 2 is 2.12 bits per heavy atom. The number of rotatable bonds is 7. The highest BCUT2D eigenvalue weighted by Gasteiger charge is 2.20. The highest BCUT2D eigenvalue weighted by atomic mass is 35.5. The first-order valence-electron chi connectivity index (χ1n) is 7.36. The predicted octanol–water partition coefficient (Wildman–Crippen LogP) is 2.15. The molecule has 0 radical (unpaired) electrons. The lowest BCUT2D eigenvalue weighted by atomic mass is 10.1. The molecule has 2 N–H and O–H groups in total. The minimum Gasteiger partial charge on any atom is -0.493 e. The van der Waals surface area contributed by atoms with Crippen LogP contribution in [-0.2, 0) is 11.8 Å². The fourth-order valence-electron chi connectivity index (χ4n) is 2.27. The first-order chi connectivity index (χ1) is 11.1. The van der Waals surface area contributed by atoms with Crippen LogP contribution >= 0.6 is 12.4 Å². The topological polar surface area (TPSA) is 77.4 Å². The molecule has 1 unspecified atom stereocenters. The van der Waals surface area contributed by atoms with Crippen molar-refractivity contribution in [1.29, 1.82) is 0 Å². The number of ether oxygens (including phenoxy) is 2. The quantitative estimate of drug-likeness (QED) is 0.796. The molecule has 1 heterocycles. The maximum Gasteiger partial charge on any atom is 0.246 e. The van der Waals surface area contributed by atoms with Gasteiger partial charge in [0.25, 0.3) is 0 Å². The standard InChI is InChI=1S/C16H22N4O3.ClH/c1-5-23-13-7-6-12(8-14(13)22-4)19-16(21)15(17-2)11-9-18-20(3)10-11;/h6-10,15,17H,5H2,1-4H3,(H,19,21);1H. The van der Waals surface area contributed by atoms with Crippen LogP contribution in [0.1, 0.15) is 18.5 Å². The van der Waals surface area contributed by atoms with Crippen molar-refractivity contribution in [2.45, 2.75) is 13.0 Å². The third-order valence-corrected chi connectivity index (χ3v) is 3.34. The van der Waals surface area contributed by atoms with Gasteiger partial charge in [-0.3, -0.25) is 9.48 Å². The van der Waals surface area contributed by atoms with Gasteiger partial charge in [-0.05, 0) is 26.1 Å². The molecule has 2 aromatic rings. The van der Waals surface area contributed by atoms with Crippen LogP contribution in [0.4, 0.5) is 5.69 Å². The lowest BCUT2D eigenvalue weighted by Crippen LogP contribution is -2.30. The van der Waals surface area contributed by atoms with E-state index in [2.05, 4.69) is 15.7 Å². The Kier molecular flexibility index (Phi) is 7.54. The van der Waals surface area contributed by atoms with Crippen molar-refractivity contribution < 1.29 is 14.3 Å². The molecule has 0 spiro atoms. The van der Waals surface area contributed by atoms with Crippen molar-refractivity contribution in [1.82, 2.24) is 15.1 Å². The van der Waals surface area contributed by atoms with Crippen LogP contribution in [0.15, 0.2) is 30.6 Å². The Bertz CT molecular complexity index is 675. The SMILES string of the molecule is CCOc1ccc(NC(=O)C(NC)c2cnn(C)c2)cc1OC.Cl. The monoisotopic (exact) mass is 354 g/mol. The van der Waals surface area contributed by atoms with Gasteiger partial charge in [0, 0.05) is 30.6 Å². The first kappa shape index (κ1) is 19.8. The van der Waals surface area contributed by atoms with E-state index < -0.39 is 6.04 Å². The number of likely N-dealkylation sites (N-methyl/N-ethyl adjacent to an activating group) is 1. The molecule has 0 aliphatic heterocycles. The van der Waals surface area contributed by atoms with Gasteiger partial charge < -0.3 is 20.1 Å². The molecular weight excluding hydrogens is 332 g/mol. The van der Waals surface area contributed by atoms with Gasteiger partial charge in [0.1, 0.15) is 6.04 Å². The Labute approximate surface area is 147 Å². The summed E-state index contributed by atoms with van der Waals surface area (Å²) in [4.78, 5) is 12.5. The number of hydrogen-bond donors (Lipinski definition) is 2. The number of nitrogens with zero attached hydrogens (tertiary/aromatic N) is 2. The number of carbonyl (C=O) groups is 1. The zero-order chi connectivity index (χ0) is 16.8. The molecule has 0 bridgehead atoms. The van der Waals surface area contributed by atoms with Gasteiger partial charge in [0.05, 0.1) is 19.9 Å². The second kappa shape index (κ2) is 9.14. The molecule has 0 saturated carbocycles. The van der Waals surface area contributed by atoms with Crippen molar-refractivity contribution in [3.05, 3.63) is 36.2 Å². The van der Waals surface area contributed by atoms with Gasteiger partial charge in [0.2, 0.25) is 5.91 Å². The molecule has 2 rings (SSSR count). The van der Waals surface area contributed by atoms with Crippen molar-refractivity contribution in [3.8, 4) is 11.5 Å². The number of halogens is 1. The van der Waals surface area contributed by atoms with E-state index in [0.29, 0.717) is 23.8 Å². The van der Waals surface area contributed by atoms with E-state index >= 15 is 0 Å². The van der Waals surface area contributed by atoms with Crippen LogP contribution in [0.3, 0.4) is 0 Å². The molecule has 1 aromatic carbocycles. The molecule has 0 saturated heterocycles. The second-order valence-electron chi connectivity index (χ2n) is 4.96. The Balaban J connectivity index is 0.00000288. The van der Waals surface area contributed by atoms with Crippen molar-refractivity contribution in [2.24, 2.45) is 7.05 Å². The van der Waals surface area contributed by atoms with Crippen molar-refractivity contribution >= 4 is 24.0 Å². The van der Waals surface area contributed by atoms with Gasteiger partial charge in [-0.15, -0.1) is 12.4 Å². The number of amides is 1. The zero-order valence-corrected chi connectivity index (χ0v) is 15.0. The first-order valence-corrected chi connectivity index (χ1v) is 7.36. The van der Waals surface area contributed by atoms with Crippen LogP contribution < -0.4 is 20.1 Å². The van der Waals surface area contributed by atoms with Crippen LogP contribution in [0, 0.1) is 0 Å². The van der Waals surface area contributed by atoms with E-state index in [4.69, 9.17) is 9.47 Å². The highest BCUT2D eigenvalue weighted by Crippen LogP contribution is 2.30. The van der Waals surface area contributed by atoms with Crippen LogP contribution in [-0.4, -0.2) is 36.5 Å². The molecule has 24 heavy (non-hydrogen) atoms. The maximum atomic E-state index is 12.5. The van der Waals surface area contributed by atoms with Crippen LogP contribution in [0.5, 0.6) is 11.5 Å².